The average Bonchev–Trinajstić information content (AvgIpc) is 3.24. The lowest BCUT2D eigenvalue weighted by Crippen LogP contribution is -2.22. The summed E-state index contributed by atoms with van der Waals surface area (Å²) in [6.45, 7) is 3.55. The molecule has 0 aliphatic carbocycles. The summed E-state index contributed by atoms with van der Waals surface area (Å²) in [7, 11) is 2.06. The molecular formula is C20H21N5S2. The molecule has 7 heteroatoms. The van der Waals surface area contributed by atoms with Crippen molar-refractivity contribution in [2.24, 2.45) is 0 Å². The van der Waals surface area contributed by atoms with Crippen LogP contribution >= 0.6 is 23.6 Å². The van der Waals surface area contributed by atoms with Gasteiger partial charge in [0, 0.05) is 5.56 Å². The maximum absolute atomic E-state index is 5.44. The fraction of sp³-hybridized carbons (Fsp3) is 0.250. The van der Waals surface area contributed by atoms with Crippen LogP contribution in [0.3, 0.4) is 0 Å². The van der Waals surface area contributed by atoms with Crippen LogP contribution in [0.15, 0.2) is 48.5 Å². The van der Waals surface area contributed by atoms with Crippen molar-refractivity contribution >= 4 is 33.8 Å². The van der Waals surface area contributed by atoms with Crippen molar-refractivity contribution in [2.45, 2.75) is 26.6 Å². The molecule has 0 spiro atoms. The third-order valence-corrected chi connectivity index (χ3v) is 5.77. The van der Waals surface area contributed by atoms with E-state index in [4.69, 9.17) is 17.2 Å². The summed E-state index contributed by atoms with van der Waals surface area (Å²) in [5.41, 5.74) is 3.42. The number of thiazole rings is 1. The van der Waals surface area contributed by atoms with Gasteiger partial charge in [-0.05, 0) is 43.4 Å². The molecule has 0 saturated carbocycles. The minimum Gasteiger partial charge on any atom is -0.281 e. The van der Waals surface area contributed by atoms with Crippen LogP contribution in [0, 0.1) is 4.77 Å². The molecule has 0 atom stereocenters. The van der Waals surface area contributed by atoms with Crippen LogP contribution in [0.5, 0.6) is 0 Å². The molecule has 1 N–H and O–H groups in total. The Morgan fingerprint density at radius 2 is 1.89 bits per heavy atom. The van der Waals surface area contributed by atoms with Crippen LogP contribution < -0.4 is 0 Å². The van der Waals surface area contributed by atoms with E-state index in [1.807, 2.05) is 16.8 Å². The molecule has 0 saturated heterocycles. The Hall–Kier alpha value is -2.35. The summed E-state index contributed by atoms with van der Waals surface area (Å²) in [4.78, 5) is 11.4. The number of aryl methyl sites for hydroxylation is 1. The lowest BCUT2D eigenvalue weighted by molar-refractivity contribution is 0.244. The highest BCUT2D eigenvalue weighted by atomic mass is 32.1. The minimum atomic E-state index is 0.556. The van der Waals surface area contributed by atoms with E-state index < -0.39 is 0 Å². The van der Waals surface area contributed by atoms with E-state index in [1.165, 1.54) is 10.3 Å². The fourth-order valence-electron chi connectivity index (χ4n) is 2.99. The van der Waals surface area contributed by atoms with Crippen LogP contribution in [-0.4, -0.2) is 31.7 Å². The van der Waals surface area contributed by atoms with Crippen LogP contribution in [0.4, 0.5) is 0 Å². The quantitative estimate of drug-likeness (QED) is 0.473. The van der Waals surface area contributed by atoms with Gasteiger partial charge in [0.25, 0.3) is 0 Å². The number of H-pyrrole nitrogens is 1. The van der Waals surface area contributed by atoms with Gasteiger partial charge in [0.1, 0.15) is 5.01 Å². The number of nitrogens with one attached hydrogen (secondary N) is 1. The maximum atomic E-state index is 5.44. The van der Waals surface area contributed by atoms with Crippen molar-refractivity contribution in [2.75, 3.05) is 7.05 Å². The van der Waals surface area contributed by atoms with E-state index in [2.05, 4.69) is 65.4 Å². The molecule has 0 fully saturated rings. The van der Waals surface area contributed by atoms with E-state index in [0.29, 0.717) is 11.4 Å². The SMILES string of the molecule is CCc1ccc(-c2nc(=S)n(CN(C)Cc3nc4ccccc4s3)[nH]2)cc1. The summed E-state index contributed by atoms with van der Waals surface area (Å²) >= 11 is 7.17. The number of nitrogens with zero attached hydrogens (tertiary/aromatic N) is 4. The number of rotatable bonds is 6. The molecule has 0 aliphatic heterocycles. The molecule has 2 aromatic carbocycles. The lowest BCUT2D eigenvalue weighted by atomic mass is 10.1. The zero-order valence-corrected chi connectivity index (χ0v) is 17.0. The van der Waals surface area contributed by atoms with Gasteiger partial charge >= 0.3 is 0 Å². The second kappa shape index (κ2) is 7.72. The van der Waals surface area contributed by atoms with Gasteiger partial charge in [-0.3, -0.25) is 10.00 Å². The van der Waals surface area contributed by atoms with Gasteiger partial charge in [-0.25, -0.2) is 9.67 Å². The monoisotopic (exact) mass is 395 g/mol. The Bertz CT molecular complexity index is 1070. The Morgan fingerprint density at radius 3 is 2.63 bits per heavy atom. The Labute approximate surface area is 167 Å². The first-order chi connectivity index (χ1) is 13.1. The van der Waals surface area contributed by atoms with Crippen LogP contribution in [0.2, 0.25) is 0 Å². The van der Waals surface area contributed by atoms with Crippen molar-refractivity contribution in [3.63, 3.8) is 0 Å². The zero-order valence-electron chi connectivity index (χ0n) is 15.3. The van der Waals surface area contributed by atoms with Gasteiger partial charge in [0.05, 0.1) is 23.4 Å². The first-order valence-electron chi connectivity index (χ1n) is 8.91. The highest BCUT2D eigenvalue weighted by molar-refractivity contribution is 7.71. The summed E-state index contributed by atoms with van der Waals surface area (Å²) < 4.78 is 3.67. The number of hydrogen-bond donors (Lipinski definition) is 1. The second-order valence-electron chi connectivity index (χ2n) is 6.56. The zero-order chi connectivity index (χ0) is 18.8. The highest BCUT2D eigenvalue weighted by Gasteiger charge is 2.10. The van der Waals surface area contributed by atoms with Gasteiger partial charge in [-0.1, -0.05) is 43.3 Å². The summed E-state index contributed by atoms with van der Waals surface area (Å²) in [6.07, 6.45) is 1.03. The fourth-order valence-corrected chi connectivity index (χ4v) is 4.23. The first-order valence-corrected chi connectivity index (χ1v) is 10.1. The van der Waals surface area contributed by atoms with Crippen LogP contribution in [0.25, 0.3) is 21.6 Å². The maximum Gasteiger partial charge on any atom is 0.217 e. The highest BCUT2D eigenvalue weighted by Crippen LogP contribution is 2.22. The van der Waals surface area contributed by atoms with E-state index in [0.717, 1.165) is 34.9 Å². The van der Waals surface area contributed by atoms with Gasteiger partial charge in [-0.15, -0.1) is 11.3 Å². The van der Waals surface area contributed by atoms with E-state index in [-0.39, 0.29) is 0 Å². The molecule has 138 valence electrons. The number of para-hydroxylation sites is 1. The molecule has 27 heavy (non-hydrogen) atoms. The molecule has 2 heterocycles. The molecule has 0 amide bonds. The predicted molar refractivity (Wildman–Crippen MR) is 113 cm³/mol. The molecule has 0 bridgehead atoms. The van der Waals surface area contributed by atoms with Crippen molar-refractivity contribution in [1.82, 2.24) is 24.6 Å². The summed E-state index contributed by atoms with van der Waals surface area (Å²) in [5.74, 6) is 0.802. The average molecular weight is 396 g/mol. The Morgan fingerprint density at radius 1 is 1.11 bits per heavy atom. The van der Waals surface area contributed by atoms with Gasteiger partial charge in [-0.2, -0.15) is 4.98 Å². The standard InChI is InChI=1S/C20H21N5S2/c1-3-14-8-10-15(11-9-14)19-22-20(26)25(23-19)13-24(2)12-18-21-16-6-4-5-7-17(16)27-18/h4-11H,3,12-13H2,1-2H3,(H,22,23,26). The summed E-state index contributed by atoms with van der Waals surface area (Å²) in [5, 5.41) is 4.42. The Kier molecular flexibility index (Phi) is 5.15. The molecule has 4 aromatic rings. The third-order valence-electron chi connectivity index (χ3n) is 4.44. The normalized spacial score (nSPS) is 11.5. The summed E-state index contributed by atoms with van der Waals surface area (Å²) in [6, 6.07) is 16.7. The van der Waals surface area contributed by atoms with Gasteiger partial charge in [0.2, 0.25) is 4.77 Å². The van der Waals surface area contributed by atoms with Crippen molar-refractivity contribution in [3.8, 4) is 11.4 Å². The van der Waals surface area contributed by atoms with E-state index in [9.17, 15) is 0 Å². The predicted octanol–water partition coefficient (Wildman–Crippen LogP) is 4.87. The van der Waals surface area contributed by atoms with Crippen molar-refractivity contribution in [3.05, 3.63) is 63.9 Å². The van der Waals surface area contributed by atoms with Crippen LogP contribution in [0.1, 0.15) is 17.5 Å². The molecule has 4 rings (SSSR count). The number of aromatic amines is 1. The van der Waals surface area contributed by atoms with Crippen LogP contribution in [-0.2, 0) is 19.6 Å². The number of benzene rings is 2. The van der Waals surface area contributed by atoms with E-state index in [1.54, 1.807) is 11.3 Å². The van der Waals surface area contributed by atoms with Gasteiger partial charge < -0.3 is 0 Å². The largest absolute Gasteiger partial charge is 0.281 e. The first kappa shape index (κ1) is 18.0. The van der Waals surface area contributed by atoms with Crippen molar-refractivity contribution < 1.29 is 0 Å². The van der Waals surface area contributed by atoms with Crippen molar-refractivity contribution in [1.29, 1.82) is 0 Å². The minimum absolute atomic E-state index is 0.556. The molecule has 0 unspecified atom stereocenters. The second-order valence-corrected chi connectivity index (χ2v) is 8.04. The Balaban J connectivity index is 1.48. The third kappa shape index (κ3) is 4.00. The molecular weight excluding hydrogens is 374 g/mol. The molecule has 0 radical (unpaired) electrons. The lowest BCUT2D eigenvalue weighted by Gasteiger charge is -2.15. The van der Waals surface area contributed by atoms with Gasteiger partial charge in [0.15, 0.2) is 5.82 Å². The number of aromatic nitrogens is 4. The number of fused-ring (bicyclic) bond motifs is 1. The molecule has 5 nitrogen and oxygen atoms in total. The molecule has 0 aliphatic rings. The topological polar surface area (TPSA) is 49.7 Å². The van der Waals surface area contributed by atoms with E-state index >= 15 is 0 Å². The smallest absolute Gasteiger partial charge is 0.217 e. The number of hydrogen-bond acceptors (Lipinski definition) is 5. The molecule has 2 aromatic heterocycles.